The molecule has 0 amide bonds. The molecular formula is C19H16N4O. The van der Waals surface area contributed by atoms with Crippen LogP contribution in [0, 0.1) is 0 Å². The van der Waals surface area contributed by atoms with Crippen LogP contribution in [-0.2, 0) is 6.42 Å². The van der Waals surface area contributed by atoms with E-state index in [9.17, 15) is 5.11 Å². The highest BCUT2D eigenvalue weighted by Crippen LogP contribution is 2.29. The molecule has 0 bridgehead atoms. The van der Waals surface area contributed by atoms with E-state index in [0.29, 0.717) is 17.8 Å². The van der Waals surface area contributed by atoms with Gasteiger partial charge in [-0.05, 0) is 35.9 Å². The van der Waals surface area contributed by atoms with E-state index in [2.05, 4.69) is 15.2 Å². The van der Waals surface area contributed by atoms with Gasteiger partial charge in [-0.2, -0.15) is 5.10 Å². The minimum Gasteiger partial charge on any atom is -0.507 e. The molecule has 0 unspecified atom stereocenters. The first-order valence-electron chi connectivity index (χ1n) is 7.71. The second-order valence-corrected chi connectivity index (χ2v) is 5.56. The van der Waals surface area contributed by atoms with Gasteiger partial charge < -0.3 is 9.67 Å². The molecule has 118 valence electrons. The van der Waals surface area contributed by atoms with Gasteiger partial charge in [0.1, 0.15) is 11.6 Å². The first-order valence-corrected chi connectivity index (χ1v) is 7.71. The third-order valence-corrected chi connectivity index (χ3v) is 3.87. The van der Waals surface area contributed by atoms with Gasteiger partial charge >= 0.3 is 0 Å². The lowest BCUT2D eigenvalue weighted by Crippen LogP contribution is -1.92. The summed E-state index contributed by atoms with van der Waals surface area (Å²) in [7, 11) is 0. The van der Waals surface area contributed by atoms with Crippen LogP contribution in [0.5, 0.6) is 5.75 Å². The summed E-state index contributed by atoms with van der Waals surface area (Å²) in [5.41, 5.74) is 2.71. The third-order valence-electron chi connectivity index (χ3n) is 3.87. The second-order valence-electron chi connectivity index (χ2n) is 5.56. The Hall–Kier alpha value is -3.34. The van der Waals surface area contributed by atoms with Gasteiger partial charge in [-0.3, -0.25) is 5.10 Å². The van der Waals surface area contributed by atoms with Gasteiger partial charge in [-0.15, -0.1) is 0 Å². The standard InChI is InChI=1S/C19H16N4O/c24-17-9-8-15(23-10-4-5-11-23)13-16(17)19-20-18(21-22-19)12-14-6-2-1-3-7-14/h1-11,13,24H,12H2,(H,20,21,22). The van der Waals surface area contributed by atoms with Gasteiger partial charge in [0.05, 0.1) is 5.56 Å². The van der Waals surface area contributed by atoms with Gasteiger partial charge in [-0.25, -0.2) is 4.98 Å². The molecule has 0 atom stereocenters. The average molecular weight is 316 g/mol. The van der Waals surface area contributed by atoms with E-state index >= 15 is 0 Å². The number of nitrogens with one attached hydrogen (secondary N) is 1. The summed E-state index contributed by atoms with van der Waals surface area (Å²) in [6.07, 6.45) is 4.58. The smallest absolute Gasteiger partial charge is 0.184 e. The summed E-state index contributed by atoms with van der Waals surface area (Å²) in [4.78, 5) is 4.52. The average Bonchev–Trinajstić information content (AvgIpc) is 3.28. The van der Waals surface area contributed by atoms with Crippen LogP contribution < -0.4 is 0 Å². The molecule has 5 nitrogen and oxygen atoms in total. The fraction of sp³-hybridized carbons (Fsp3) is 0.0526. The number of H-pyrrole nitrogens is 1. The van der Waals surface area contributed by atoms with Crippen LogP contribution >= 0.6 is 0 Å². The van der Waals surface area contributed by atoms with Crippen LogP contribution in [0.3, 0.4) is 0 Å². The molecule has 0 aliphatic heterocycles. The summed E-state index contributed by atoms with van der Waals surface area (Å²) in [6.45, 7) is 0. The number of phenolic OH excluding ortho intramolecular Hbond substituents is 1. The highest BCUT2D eigenvalue weighted by atomic mass is 16.3. The quantitative estimate of drug-likeness (QED) is 0.605. The second kappa shape index (κ2) is 6.04. The molecule has 0 spiro atoms. The predicted molar refractivity (Wildman–Crippen MR) is 92.1 cm³/mol. The van der Waals surface area contributed by atoms with E-state index in [1.807, 2.05) is 71.6 Å². The summed E-state index contributed by atoms with van der Waals surface area (Å²) in [5, 5.41) is 17.4. The molecule has 0 saturated carbocycles. The summed E-state index contributed by atoms with van der Waals surface area (Å²) in [6, 6.07) is 19.4. The van der Waals surface area contributed by atoms with Crippen LogP contribution in [0.15, 0.2) is 73.1 Å². The molecule has 2 heterocycles. The highest BCUT2D eigenvalue weighted by molar-refractivity contribution is 5.66. The van der Waals surface area contributed by atoms with Crippen LogP contribution in [0.2, 0.25) is 0 Å². The molecule has 0 saturated heterocycles. The van der Waals surface area contributed by atoms with Gasteiger partial charge in [0, 0.05) is 24.5 Å². The monoisotopic (exact) mass is 316 g/mol. The molecule has 24 heavy (non-hydrogen) atoms. The van der Waals surface area contributed by atoms with Crippen LogP contribution in [0.25, 0.3) is 17.1 Å². The Kier molecular flexibility index (Phi) is 3.59. The summed E-state index contributed by atoms with van der Waals surface area (Å²) in [5.74, 6) is 1.42. The maximum atomic E-state index is 10.2. The van der Waals surface area contributed by atoms with Crippen LogP contribution in [0.1, 0.15) is 11.4 Å². The normalized spacial score (nSPS) is 10.8. The van der Waals surface area contributed by atoms with Crippen molar-refractivity contribution in [1.29, 1.82) is 0 Å². The maximum absolute atomic E-state index is 10.2. The van der Waals surface area contributed by atoms with Crippen molar-refractivity contribution < 1.29 is 5.11 Å². The SMILES string of the molecule is Oc1ccc(-n2cccc2)cc1-c1n[nH]c(Cc2ccccc2)n1. The van der Waals surface area contributed by atoms with Gasteiger partial charge in [-0.1, -0.05) is 30.3 Å². The molecule has 0 aliphatic carbocycles. The molecule has 2 N–H and O–H groups in total. The Morgan fingerprint density at radius 1 is 0.958 bits per heavy atom. The Morgan fingerprint density at radius 3 is 2.54 bits per heavy atom. The van der Waals surface area contributed by atoms with Crippen molar-refractivity contribution in [2.24, 2.45) is 0 Å². The maximum Gasteiger partial charge on any atom is 0.184 e. The lowest BCUT2D eigenvalue weighted by molar-refractivity contribution is 0.477. The number of hydrogen-bond donors (Lipinski definition) is 2. The third kappa shape index (κ3) is 2.79. The molecule has 5 heteroatoms. The van der Waals surface area contributed by atoms with Crippen molar-refractivity contribution >= 4 is 0 Å². The van der Waals surface area contributed by atoms with Crippen molar-refractivity contribution in [2.75, 3.05) is 0 Å². The highest BCUT2D eigenvalue weighted by Gasteiger charge is 2.12. The number of rotatable bonds is 4. The summed E-state index contributed by atoms with van der Waals surface area (Å²) < 4.78 is 1.97. The number of hydrogen-bond acceptors (Lipinski definition) is 3. The van der Waals surface area contributed by atoms with E-state index in [4.69, 9.17) is 0 Å². The zero-order valence-electron chi connectivity index (χ0n) is 12.9. The number of aromatic amines is 1. The van der Waals surface area contributed by atoms with E-state index in [-0.39, 0.29) is 5.75 Å². The molecule has 4 rings (SSSR count). The fourth-order valence-electron chi connectivity index (χ4n) is 2.65. The molecule has 4 aromatic rings. The molecule has 0 radical (unpaired) electrons. The summed E-state index contributed by atoms with van der Waals surface area (Å²) >= 11 is 0. The van der Waals surface area contributed by atoms with E-state index in [1.54, 1.807) is 6.07 Å². The first-order chi connectivity index (χ1) is 11.8. The van der Waals surface area contributed by atoms with Crippen molar-refractivity contribution in [3.63, 3.8) is 0 Å². The largest absolute Gasteiger partial charge is 0.507 e. The Balaban J connectivity index is 1.66. The molecule has 2 aromatic carbocycles. The van der Waals surface area contributed by atoms with Crippen molar-refractivity contribution in [3.05, 3.63) is 84.4 Å². The predicted octanol–water partition coefficient (Wildman–Crippen LogP) is 3.56. The molecule has 2 aromatic heterocycles. The molecule has 0 aliphatic rings. The van der Waals surface area contributed by atoms with E-state index in [1.165, 1.54) is 0 Å². The van der Waals surface area contributed by atoms with Crippen LogP contribution in [-0.4, -0.2) is 24.9 Å². The molecule has 0 fully saturated rings. The van der Waals surface area contributed by atoms with Gasteiger partial charge in [0.15, 0.2) is 5.82 Å². The van der Waals surface area contributed by atoms with Gasteiger partial charge in [0.2, 0.25) is 0 Å². The topological polar surface area (TPSA) is 66.7 Å². The fourth-order valence-corrected chi connectivity index (χ4v) is 2.65. The first kappa shape index (κ1) is 14.3. The number of benzene rings is 2. The van der Waals surface area contributed by atoms with E-state index < -0.39 is 0 Å². The lowest BCUT2D eigenvalue weighted by atomic mass is 10.1. The lowest BCUT2D eigenvalue weighted by Gasteiger charge is -2.06. The Bertz CT molecular complexity index is 943. The number of aromatic nitrogens is 4. The zero-order chi connectivity index (χ0) is 16.4. The van der Waals surface area contributed by atoms with Gasteiger partial charge in [0.25, 0.3) is 0 Å². The van der Waals surface area contributed by atoms with Crippen molar-refractivity contribution in [2.45, 2.75) is 6.42 Å². The van der Waals surface area contributed by atoms with E-state index in [0.717, 1.165) is 17.1 Å². The minimum absolute atomic E-state index is 0.163. The zero-order valence-corrected chi connectivity index (χ0v) is 12.9. The Morgan fingerprint density at radius 2 is 1.75 bits per heavy atom. The number of aromatic hydroxyl groups is 1. The molecular weight excluding hydrogens is 300 g/mol. The minimum atomic E-state index is 0.163. The van der Waals surface area contributed by atoms with Crippen molar-refractivity contribution in [3.8, 4) is 22.8 Å². The van der Waals surface area contributed by atoms with Crippen LogP contribution in [0.4, 0.5) is 0 Å². The Labute approximate surface area is 139 Å². The van der Waals surface area contributed by atoms with Crippen molar-refractivity contribution in [1.82, 2.24) is 19.7 Å². The number of nitrogens with zero attached hydrogens (tertiary/aromatic N) is 3. The number of phenols is 1.